The SMILES string of the molecule is CC/C=C\C/C=C\C/C=C\C/C=C\C/C=C\C/C=C\C/C=C\CCCCOCC(COC1OC(COC2OC(CO)C(O)C(O)C2O)C(O)C(O)C1O)OC(=O)CCCCCCCCCCCCCCCCCCCCCCCCC. The van der Waals surface area contributed by atoms with E-state index in [9.17, 15) is 40.5 Å². The van der Waals surface area contributed by atoms with Crippen molar-refractivity contribution < 1.29 is 69.0 Å². The summed E-state index contributed by atoms with van der Waals surface area (Å²) in [5, 5.41) is 72.5. The van der Waals surface area contributed by atoms with Gasteiger partial charge in [-0.1, -0.05) is 240 Å². The third-order valence-corrected chi connectivity index (χ3v) is 14.9. The molecule has 0 amide bonds. The molecule has 14 nitrogen and oxygen atoms in total. The second-order valence-corrected chi connectivity index (χ2v) is 22.2. The molecule has 2 rings (SSSR count). The normalized spacial score (nSPS) is 24.3. The molecule has 0 aromatic heterocycles. The lowest BCUT2D eigenvalue weighted by atomic mass is 9.98. The van der Waals surface area contributed by atoms with Gasteiger partial charge in [0.15, 0.2) is 12.6 Å². The Morgan fingerprint density at radius 1 is 0.420 bits per heavy atom. The van der Waals surface area contributed by atoms with E-state index in [-0.39, 0.29) is 25.6 Å². The molecule has 11 atom stereocenters. The summed E-state index contributed by atoms with van der Waals surface area (Å²) < 4.78 is 34.4. The van der Waals surface area contributed by atoms with E-state index in [1.54, 1.807) is 0 Å². The van der Waals surface area contributed by atoms with Crippen LogP contribution in [0.5, 0.6) is 0 Å². The number of aliphatic hydroxyl groups is 7. The van der Waals surface area contributed by atoms with Crippen LogP contribution in [0.2, 0.25) is 0 Å². The molecule has 0 bridgehead atoms. The minimum Gasteiger partial charge on any atom is -0.457 e. The van der Waals surface area contributed by atoms with Crippen molar-refractivity contribution in [2.45, 2.75) is 300 Å². The molecule has 0 aromatic carbocycles. The predicted molar refractivity (Wildman–Crippen MR) is 325 cm³/mol. The summed E-state index contributed by atoms with van der Waals surface area (Å²) >= 11 is 0. The molecule has 0 saturated carbocycles. The molecule has 2 saturated heterocycles. The van der Waals surface area contributed by atoms with Crippen molar-refractivity contribution in [3.63, 3.8) is 0 Å². The Morgan fingerprint density at radius 3 is 1.23 bits per heavy atom. The molecule has 11 unspecified atom stereocenters. The van der Waals surface area contributed by atoms with Crippen molar-refractivity contribution in [1.82, 2.24) is 0 Å². The summed E-state index contributed by atoms with van der Waals surface area (Å²) in [6.07, 6.45) is 53.7. The van der Waals surface area contributed by atoms with Gasteiger partial charge in [0.25, 0.3) is 0 Å². The monoisotopic (exact) mass is 1140 g/mol. The van der Waals surface area contributed by atoms with E-state index in [4.69, 9.17) is 28.4 Å². The van der Waals surface area contributed by atoms with Gasteiger partial charge < -0.3 is 64.2 Å². The van der Waals surface area contributed by atoms with Gasteiger partial charge >= 0.3 is 5.97 Å². The first-order valence-electron chi connectivity index (χ1n) is 32.2. The Hall–Kier alpha value is -2.83. The maximum absolute atomic E-state index is 13.1. The van der Waals surface area contributed by atoms with Gasteiger partial charge in [0.05, 0.1) is 26.4 Å². The molecule has 14 heteroatoms. The first-order valence-corrected chi connectivity index (χ1v) is 32.2. The maximum Gasteiger partial charge on any atom is 0.306 e. The second kappa shape index (κ2) is 52.7. The molecule has 2 fully saturated rings. The fourth-order valence-corrected chi connectivity index (χ4v) is 9.80. The zero-order valence-electron chi connectivity index (χ0n) is 50.5. The molecule has 2 aliphatic heterocycles. The molecule has 2 aliphatic rings. The minimum absolute atomic E-state index is 0.0291. The molecule has 2 heterocycles. The van der Waals surface area contributed by atoms with E-state index in [0.29, 0.717) is 13.0 Å². The first kappa shape index (κ1) is 74.3. The predicted octanol–water partition coefficient (Wildman–Crippen LogP) is 12.8. The van der Waals surface area contributed by atoms with E-state index >= 15 is 0 Å². The highest BCUT2D eigenvalue weighted by molar-refractivity contribution is 5.69. The lowest BCUT2D eigenvalue weighted by Gasteiger charge is -2.42. The van der Waals surface area contributed by atoms with Crippen LogP contribution in [0.25, 0.3) is 0 Å². The number of carbonyl (C=O) groups is 1. The Morgan fingerprint density at radius 2 is 0.802 bits per heavy atom. The fourth-order valence-electron chi connectivity index (χ4n) is 9.80. The van der Waals surface area contributed by atoms with Crippen LogP contribution in [-0.4, -0.2) is 142 Å². The zero-order chi connectivity index (χ0) is 58.6. The average Bonchev–Trinajstić information content (AvgIpc) is 3.46. The van der Waals surface area contributed by atoms with Crippen LogP contribution in [0.3, 0.4) is 0 Å². The van der Waals surface area contributed by atoms with Crippen LogP contribution in [0.1, 0.15) is 232 Å². The first-order chi connectivity index (χ1) is 39.6. The molecule has 468 valence electrons. The summed E-state index contributed by atoms with van der Waals surface area (Å²) in [7, 11) is 0. The van der Waals surface area contributed by atoms with Crippen LogP contribution in [0.15, 0.2) is 85.1 Å². The van der Waals surface area contributed by atoms with Crippen LogP contribution >= 0.6 is 0 Å². The van der Waals surface area contributed by atoms with Gasteiger partial charge in [-0.2, -0.15) is 0 Å². The van der Waals surface area contributed by atoms with Crippen molar-refractivity contribution in [3.05, 3.63) is 85.1 Å². The number of aliphatic hydroxyl groups excluding tert-OH is 7. The molecule has 81 heavy (non-hydrogen) atoms. The van der Waals surface area contributed by atoms with Crippen LogP contribution in [0.4, 0.5) is 0 Å². The molecule has 0 aromatic rings. The molecular formula is C67H116O14. The molecule has 0 radical (unpaired) electrons. The molecular weight excluding hydrogens is 1030 g/mol. The Kier molecular flexibility index (Phi) is 48.3. The van der Waals surface area contributed by atoms with Crippen LogP contribution in [0, 0.1) is 0 Å². The van der Waals surface area contributed by atoms with Gasteiger partial charge in [-0.25, -0.2) is 0 Å². The maximum atomic E-state index is 13.1. The Bertz CT molecular complexity index is 1660. The number of hydrogen-bond donors (Lipinski definition) is 7. The third-order valence-electron chi connectivity index (χ3n) is 14.9. The summed E-state index contributed by atoms with van der Waals surface area (Å²) in [6, 6.07) is 0. The highest BCUT2D eigenvalue weighted by atomic mass is 16.7. The second-order valence-electron chi connectivity index (χ2n) is 22.2. The van der Waals surface area contributed by atoms with Gasteiger partial charge in [-0.05, 0) is 70.6 Å². The Balaban J connectivity index is 1.70. The van der Waals surface area contributed by atoms with Crippen LogP contribution < -0.4 is 0 Å². The van der Waals surface area contributed by atoms with E-state index in [2.05, 4.69) is 98.9 Å². The number of rotatable bonds is 52. The van der Waals surface area contributed by atoms with E-state index < -0.39 is 80.7 Å². The number of hydrogen-bond acceptors (Lipinski definition) is 14. The standard InChI is InChI=1S/C67H116O14/c1-3-5-7-9-11-13-15-17-19-21-23-25-27-29-31-33-35-37-39-41-43-45-47-49-51-76-53-56(54-77-66-65(75)63(73)61(71)58(81-66)55-78-67-64(74)62(72)60(70)57(52-68)80-67)79-59(69)50-48-46-44-42-40-38-36-34-32-30-28-26-24-22-20-18-16-14-12-10-8-6-4-2/h5,7,11,13,17,19,23,25,29,31,35,37,41,43,56-58,60-68,70-75H,3-4,6,8-10,12,14-16,18,20-22,24,26-28,30,32-34,36,38-40,42,44-55H2,1-2H3/b7-5-,13-11-,19-17-,25-23-,31-29-,37-35-,43-41-. The van der Waals surface area contributed by atoms with Crippen molar-refractivity contribution in [2.75, 3.05) is 33.0 Å². The molecule has 7 N–H and O–H groups in total. The van der Waals surface area contributed by atoms with E-state index in [1.807, 2.05) is 0 Å². The molecule has 0 spiro atoms. The smallest absolute Gasteiger partial charge is 0.306 e. The van der Waals surface area contributed by atoms with Gasteiger partial charge in [0.1, 0.15) is 54.9 Å². The number of ether oxygens (including phenoxy) is 6. The van der Waals surface area contributed by atoms with Crippen molar-refractivity contribution in [2.24, 2.45) is 0 Å². The third kappa shape index (κ3) is 38.7. The Labute approximate surface area is 490 Å². The van der Waals surface area contributed by atoms with E-state index in [0.717, 1.165) is 83.5 Å². The minimum atomic E-state index is -1.72. The summed E-state index contributed by atoms with van der Waals surface area (Å²) in [4.78, 5) is 13.1. The largest absolute Gasteiger partial charge is 0.457 e. The number of allylic oxidation sites excluding steroid dienone is 14. The molecule has 0 aliphatic carbocycles. The summed E-state index contributed by atoms with van der Waals surface area (Å²) in [5.74, 6) is -0.390. The van der Waals surface area contributed by atoms with Gasteiger partial charge in [0, 0.05) is 13.0 Å². The van der Waals surface area contributed by atoms with Gasteiger partial charge in [-0.15, -0.1) is 0 Å². The quantitative estimate of drug-likeness (QED) is 0.0172. The topological polar surface area (TPSA) is 214 Å². The summed E-state index contributed by atoms with van der Waals surface area (Å²) in [6.45, 7) is 3.49. The highest BCUT2D eigenvalue weighted by Crippen LogP contribution is 2.27. The summed E-state index contributed by atoms with van der Waals surface area (Å²) in [5.41, 5.74) is 0. The lowest BCUT2D eigenvalue weighted by Crippen LogP contribution is -2.61. The number of esters is 1. The van der Waals surface area contributed by atoms with E-state index in [1.165, 1.54) is 122 Å². The average molecular weight is 1150 g/mol. The van der Waals surface area contributed by atoms with Crippen LogP contribution in [-0.2, 0) is 33.2 Å². The van der Waals surface area contributed by atoms with Gasteiger partial charge in [0.2, 0.25) is 0 Å². The highest BCUT2D eigenvalue weighted by Gasteiger charge is 2.47. The fraction of sp³-hybridized carbons (Fsp3) is 0.776. The van der Waals surface area contributed by atoms with Crippen molar-refractivity contribution in [1.29, 1.82) is 0 Å². The lowest BCUT2D eigenvalue weighted by molar-refractivity contribution is -0.332. The number of unbranched alkanes of at least 4 members (excludes halogenated alkanes) is 24. The zero-order valence-corrected chi connectivity index (χ0v) is 50.5. The number of carbonyl (C=O) groups excluding carboxylic acids is 1. The van der Waals surface area contributed by atoms with Gasteiger partial charge in [-0.3, -0.25) is 4.79 Å². The van der Waals surface area contributed by atoms with Crippen molar-refractivity contribution >= 4 is 5.97 Å². The van der Waals surface area contributed by atoms with Crippen molar-refractivity contribution in [3.8, 4) is 0 Å².